The third-order valence-electron chi connectivity index (χ3n) is 4.72. The van der Waals surface area contributed by atoms with Gasteiger partial charge in [-0.1, -0.05) is 30.3 Å². The molecule has 6 heteroatoms. The van der Waals surface area contributed by atoms with Gasteiger partial charge in [-0.3, -0.25) is 9.59 Å². The van der Waals surface area contributed by atoms with E-state index in [1.54, 1.807) is 29.0 Å². The molecule has 2 aromatic carbocycles. The molecule has 3 rings (SSSR count). The van der Waals surface area contributed by atoms with Crippen LogP contribution < -0.4 is 9.47 Å². The van der Waals surface area contributed by atoms with Gasteiger partial charge in [-0.15, -0.1) is 0 Å². The second kappa shape index (κ2) is 8.58. The van der Waals surface area contributed by atoms with Crippen molar-refractivity contribution in [3.05, 3.63) is 59.7 Å². The highest BCUT2D eigenvalue weighted by Gasteiger charge is 2.25. The zero-order valence-corrected chi connectivity index (χ0v) is 15.7. The molecule has 0 unspecified atom stereocenters. The average Bonchev–Trinajstić information content (AvgIpc) is 2.72. The molecule has 0 atom stereocenters. The number of rotatable bonds is 5. The maximum atomic E-state index is 12.7. The molecule has 142 valence electrons. The number of hydrogen-bond acceptors (Lipinski definition) is 4. The minimum absolute atomic E-state index is 0.0190. The number of piperazine rings is 1. The number of carbonyl (C=O) groups excluding carboxylic acids is 2. The van der Waals surface area contributed by atoms with E-state index in [1.807, 2.05) is 43.3 Å². The van der Waals surface area contributed by atoms with E-state index in [-0.39, 0.29) is 18.4 Å². The Labute approximate surface area is 159 Å². The molecular formula is C21H24N2O4. The number of carbonyl (C=O) groups is 2. The Balaban J connectivity index is 1.52. The molecule has 0 spiro atoms. The van der Waals surface area contributed by atoms with Gasteiger partial charge in [0.15, 0.2) is 18.1 Å². The van der Waals surface area contributed by atoms with Gasteiger partial charge in [-0.2, -0.15) is 0 Å². The lowest BCUT2D eigenvalue weighted by Gasteiger charge is -2.35. The van der Waals surface area contributed by atoms with Crippen molar-refractivity contribution in [2.75, 3.05) is 39.9 Å². The van der Waals surface area contributed by atoms with Crippen LogP contribution in [0.4, 0.5) is 0 Å². The number of hydrogen-bond donors (Lipinski definition) is 0. The van der Waals surface area contributed by atoms with Gasteiger partial charge < -0.3 is 19.3 Å². The lowest BCUT2D eigenvalue weighted by Crippen LogP contribution is -2.51. The van der Waals surface area contributed by atoms with Gasteiger partial charge in [-0.05, 0) is 30.7 Å². The minimum atomic E-state index is -0.0936. The average molecular weight is 368 g/mol. The number of amides is 2. The molecule has 0 saturated carbocycles. The molecule has 6 nitrogen and oxygen atoms in total. The predicted molar refractivity (Wildman–Crippen MR) is 102 cm³/mol. The zero-order chi connectivity index (χ0) is 19.2. The fraction of sp³-hybridized carbons (Fsp3) is 0.333. The maximum Gasteiger partial charge on any atom is 0.260 e. The highest BCUT2D eigenvalue weighted by molar-refractivity contribution is 5.95. The van der Waals surface area contributed by atoms with Crippen LogP contribution in [0.3, 0.4) is 0 Å². The molecule has 2 aromatic rings. The molecule has 1 fully saturated rings. The van der Waals surface area contributed by atoms with E-state index in [4.69, 9.17) is 9.47 Å². The first-order chi connectivity index (χ1) is 13.1. The van der Waals surface area contributed by atoms with Gasteiger partial charge >= 0.3 is 0 Å². The fourth-order valence-electron chi connectivity index (χ4n) is 3.11. The molecule has 0 aromatic heterocycles. The lowest BCUT2D eigenvalue weighted by molar-refractivity contribution is -0.134. The summed E-state index contributed by atoms with van der Waals surface area (Å²) in [5.74, 6) is 1.06. The first-order valence-electron chi connectivity index (χ1n) is 8.98. The third-order valence-corrected chi connectivity index (χ3v) is 4.72. The van der Waals surface area contributed by atoms with Crippen LogP contribution in [-0.2, 0) is 4.79 Å². The Morgan fingerprint density at radius 2 is 1.48 bits per heavy atom. The van der Waals surface area contributed by atoms with Crippen LogP contribution >= 0.6 is 0 Å². The summed E-state index contributed by atoms with van der Waals surface area (Å²) in [6.07, 6.45) is 0. The molecule has 27 heavy (non-hydrogen) atoms. The van der Waals surface area contributed by atoms with E-state index in [0.29, 0.717) is 37.7 Å². The van der Waals surface area contributed by atoms with Crippen molar-refractivity contribution in [1.29, 1.82) is 0 Å². The Hall–Kier alpha value is -3.02. The summed E-state index contributed by atoms with van der Waals surface area (Å²) >= 11 is 0. The molecule has 2 amide bonds. The highest BCUT2D eigenvalue weighted by Crippen LogP contribution is 2.25. The first-order valence-corrected chi connectivity index (χ1v) is 8.98. The van der Waals surface area contributed by atoms with Crippen molar-refractivity contribution in [3.8, 4) is 11.5 Å². The van der Waals surface area contributed by atoms with Crippen LogP contribution in [0.15, 0.2) is 48.5 Å². The summed E-state index contributed by atoms with van der Waals surface area (Å²) in [5, 5.41) is 0. The van der Waals surface area contributed by atoms with Gasteiger partial charge in [0.2, 0.25) is 0 Å². The van der Waals surface area contributed by atoms with E-state index < -0.39 is 0 Å². The Morgan fingerprint density at radius 1 is 0.889 bits per heavy atom. The van der Waals surface area contributed by atoms with Gasteiger partial charge in [0.25, 0.3) is 11.8 Å². The van der Waals surface area contributed by atoms with Crippen LogP contribution in [0.5, 0.6) is 11.5 Å². The molecule has 0 aliphatic carbocycles. The third kappa shape index (κ3) is 4.39. The van der Waals surface area contributed by atoms with E-state index in [1.165, 1.54) is 0 Å². The largest absolute Gasteiger partial charge is 0.493 e. The van der Waals surface area contributed by atoms with Crippen molar-refractivity contribution >= 4 is 11.8 Å². The standard InChI is InChI=1S/C21H24N2O4/c1-16-7-3-4-8-17(16)21(25)23-13-11-22(12-14-23)20(24)15-27-19-10-6-5-9-18(19)26-2/h3-10H,11-15H2,1-2H3. The molecule has 1 heterocycles. The SMILES string of the molecule is COc1ccccc1OCC(=O)N1CCN(C(=O)c2ccccc2C)CC1. The van der Waals surface area contributed by atoms with E-state index in [9.17, 15) is 9.59 Å². The fourth-order valence-corrected chi connectivity index (χ4v) is 3.11. The quantitative estimate of drug-likeness (QED) is 0.813. The van der Waals surface area contributed by atoms with Crippen molar-refractivity contribution in [2.24, 2.45) is 0 Å². The molecule has 0 bridgehead atoms. The predicted octanol–water partition coefficient (Wildman–Crippen LogP) is 2.37. The van der Waals surface area contributed by atoms with Crippen LogP contribution in [0.2, 0.25) is 0 Å². The molecule has 1 aliphatic heterocycles. The molecule has 0 radical (unpaired) electrons. The normalized spacial score (nSPS) is 14.0. The Morgan fingerprint density at radius 3 is 2.15 bits per heavy atom. The Kier molecular flexibility index (Phi) is 5.96. The highest BCUT2D eigenvalue weighted by atomic mass is 16.5. The number of benzene rings is 2. The van der Waals surface area contributed by atoms with E-state index >= 15 is 0 Å². The number of para-hydroxylation sites is 2. The Bertz CT molecular complexity index is 813. The molecule has 1 aliphatic rings. The van der Waals surface area contributed by atoms with E-state index in [2.05, 4.69) is 0 Å². The van der Waals surface area contributed by atoms with Crippen LogP contribution in [0.1, 0.15) is 15.9 Å². The topological polar surface area (TPSA) is 59.1 Å². The molecule has 0 N–H and O–H groups in total. The van der Waals surface area contributed by atoms with Crippen molar-refractivity contribution in [1.82, 2.24) is 9.80 Å². The summed E-state index contributed by atoms with van der Waals surface area (Å²) in [6, 6.07) is 14.8. The van der Waals surface area contributed by atoms with Gasteiger partial charge in [-0.25, -0.2) is 0 Å². The van der Waals surface area contributed by atoms with Gasteiger partial charge in [0.05, 0.1) is 7.11 Å². The number of aryl methyl sites for hydroxylation is 1. The summed E-state index contributed by atoms with van der Waals surface area (Å²) < 4.78 is 10.8. The number of nitrogens with zero attached hydrogens (tertiary/aromatic N) is 2. The van der Waals surface area contributed by atoms with Gasteiger partial charge in [0, 0.05) is 31.7 Å². The maximum absolute atomic E-state index is 12.7. The van der Waals surface area contributed by atoms with Crippen LogP contribution in [0, 0.1) is 6.92 Å². The lowest BCUT2D eigenvalue weighted by atomic mass is 10.1. The van der Waals surface area contributed by atoms with Crippen molar-refractivity contribution in [2.45, 2.75) is 6.92 Å². The van der Waals surface area contributed by atoms with Crippen molar-refractivity contribution in [3.63, 3.8) is 0 Å². The van der Waals surface area contributed by atoms with Gasteiger partial charge in [0.1, 0.15) is 0 Å². The summed E-state index contributed by atoms with van der Waals surface area (Å²) in [7, 11) is 1.56. The molecular weight excluding hydrogens is 344 g/mol. The van der Waals surface area contributed by atoms with Crippen LogP contribution in [-0.4, -0.2) is 61.5 Å². The second-order valence-corrected chi connectivity index (χ2v) is 6.43. The van der Waals surface area contributed by atoms with Crippen molar-refractivity contribution < 1.29 is 19.1 Å². The second-order valence-electron chi connectivity index (χ2n) is 6.43. The minimum Gasteiger partial charge on any atom is -0.493 e. The van der Waals surface area contributed by atoms with Crippen LogP contribution in [0.25, 0.3) is 0 Å². The summed E-state index contributed by atoms with van der Waals surface area (Å²) in [6.45, 7) is 3.94. The number of ether oxygens (including phenoxy) is 2. The smallest absolute Gasteiger partial charge is 0.260 e. The zero-order valence-electron chi connectivity index (χ0n) is 15.7. The molecule has 1 saturated heterocycles. The first kappa shape index (κ1) is 18.8. The monoisotopic (exact) mass is 368 g/mol. The summed E-state index contributed by atoms with van der Waals surface area (Å²) in [4.78, 5) is 28.6. The number of methoxy groups -OCH3 is 1. The van der Waals surface area contributed by atoms with E-state index in [0.717, 1.165) is 11.1 Å². The summed E-state index contributed by atoms with van der Waals surface area (Å²) in [5.41, 5.74) is 1.68.